The molecule has 0 amide bonds. The van der Waals surface area contributed by atoms with Crippen LogP contribution in [0.4, 0.5) is 4.79 Å². The molecule has 1 saturated carbocycles. The van der Waals surface area contributed by atoms with E-state index in [0.29, 0.717) is 32.3 Å². The molecule has 0 atom stereocenters. The third-order valence-corrected chi connectivity index (χ3v) is 7.87. The average molecular weight is 539 g/mol. The van der Waals surface area contributed by atoms with Gasteiger partial charge < -0.3 is 19.3 Å². The molecule has 1 aliphatic rings. The lowest BCUT2D eigenvalue weighted by atomic mass is 9.78. The first-order valence-electron chi connectivity index (χ1n) is 15.4. The zero-order valence-corrected chi connectivity index (χ0v) is 24.3. The van der Waals surface area contributed by atoms with E-state index < -0.39 is 11.8 Å². The van der Waals surface area contributed by atoms with Gasteiger partial charge in [-0.05, 0) is 67.3 Å². The number of hydrogen-bond donors (Lipinski definition) is 1. The van der Waals surface area contributed by atoms with Crippen molar-refractivity contribution in [2.45, 2.75) is 122 Å². The minimum Gasteiger partial charge on any atom is -0.494 e. The number of rotatable bonds is 17. The highest BCUT2D eigenvalue weighted by atomic mass is 16.7. The van der Waals surface area contributed by atoms with Gasteiger partial charge in [0.1, 0.15) is 11.9 Å². The molecule has 0 spiro atoms. The van der Waals surface area contributed by atoms with Crippen molar-refractivity contribution in [3.8, 4) is 16.9 Å². The molecular weight excluding hydrogens is 488 g/mol. The van der Waals surface area contributed by atoms with Gasteiger partial charge in [-0.2, -0.15) is 0 Å². The zero-order valence-electron chi connectivity index (χ0n) is 24.3. The summed E-state index contributed by atoms with van der Waals surface area (Å²) in [6.45, 7) is 5.61. The van der Waals surface area contributed by atoms with Crippen LogP contribution in [0.15, 0.2) is 48.5 Å². The molecule has 216 valence electrons. The maximum Gasteiger partial charge on any atom is 0.508 e. The van der Waals surface area contributed by atoms with Gasteiger partial charge in [-0.3, -0.25) is 0 Å². The number of benzene rings is 2. The van der Waals surface area contributed by atoms with Crippen molar-refractivity contribution in [1.29, 1.82) is 0 Å². The monoisotopic (exact) mass is 538 g/mol. The first kappa shape index (κ1) is 31.0. The van der Waals surface area contributed by atoms with Crippen LogP contribution in [-0.2, 0) is 15.1 Å². The first-order chi connectivity index (χ1) is 19.0. The Morgan fingerprint density at radius 1 is 0.744 bits per heavy atom. The predicted molar refractivity (Wildman–Crippen MR) is 158 cm³/mol. The average Bonchev–Trinajstić information content (AvgIpc) is 2.96. The van der Waals surface area contributed by atoms with Gasteiger partial charge >= 0.3 is 6.16 Å². The molecule has 0 unspecified atom stereocenters. The standard InChI is InChI=1S/C34H50O5/c1-3-5-7-9-11-12-26-37-31-20-16-29(17-21-31)28-14-18-30(19-15-28)34(36)24-22-32(23-25-34)39-33(35)38-27-13-10-8-6-4-2/h14-21,32,36H,3-13,22-27H2,1-2H3. The molecule has 2 aromatic rings. The molecule has 5 nitrogen and oxygen atoms in total. The fourth-order valence-corrected chi connectivity index (χ4v) is 5.30. The van der Waals surface area contributed by atoms with Crippen LogP contribution in [0, 0.1) is 0 Å². The number of ether oxygens (including phenoxy) is 3. The van der Waals surface area contributed by atoms with E-state index in [2.05, 4.69) is 38.1 Å². The van der Waals surface area contributed by atoms with Crippen molar-refractivity contribution in [3.05, 3.63) is 54.1 Å². The molecule has 0 aliphatic heterocycles. The van der Waals surface area contributed by atoms with Crippen molar-refractivity contribution in [2.75, 3.05) is 13.2 Å². The lowest BCUT2D eigenvalue weighted by Gasteiger charge is -2.36. The van der Waals surface area contributed by atoms with Gasteiger partial charge in [-0.1, -0.05) is 108 Å². The molecule has 0 saturated heterocycles. The van der Waals surface area contributed by atoms with Crippen molar-refractivity contribution in [3.63, 3.8) is 0 Å². The lowest BCUT2D eigenvalue weighted by molar-refractivity contribution is -0.0538. The lowest BCUT2D eigenvalue weighted by Crippen LogP contribution is -2.35. The predicted octanol–water partition coefficient (Wildman–Crippen LogP) is 9.35. The van der Waals surface area contributed by atoms with Crippen LogP contribution in [0.25, 0.3) is 11.1 Å². The van der Waals surface area contributed by atoms with E-state index in [4.69, 9.17) is 14.2 Å². The Morgan fingerprint density at radius 3 is 1.85 bits per heavy atom. The van der Waals surface area contributed by atoms with E-state index >= 15 is 0 Å². The number of aliphatic hydroxyl groups is 1. The Morgan fingerprint density at radius 2 is 1.26 bits per heavy atom. The van der Waals surface area contributed by atoms with Crippen LogP contribution in [0.5, 0.6) is 5.75 Å². The summed E-state index contributed by atoms with van der Waals surface area (Å²) in [5.41, 5.74) is 2.26. The van der Waals surface area contributed by atoms with Crippen LogP contribution in [-0.4, -0.2) is 30.6 Å². The molecule has 0 radical (unpaired) electrons. The summed E-state index contributed by atoms with van der Waals surface area (Å²) in [5.74, 6) is 0.910. The molecule has 39 heavy (non-hydrogen) atoms. The fourth-order valence-electron chi connectivity index (χ4n) is 5.30. The molecule has 1 fully saturated rings. The van der Waals surface area contributed by atoms with Crippen molar-refractivity contribution in [1.82, 2.24) is 0 Å². The van der Waals surface area contributed by atoms with Gasteiger partial charge in [0.2, 0.25) is 0 Å². The van der Waals surface area contributed by atoms with E-state index in [-0.39, 0.29) is 6.10 Å². The number of carbonyl (C=O) groups excluding carboxylic acids is 1. The third-order valence-electron chi connectivity index (χ3n) is 7.87. The van der Waals surface area contributed by atoms with Crippen LogP contribution in [0.2, 0.25) is 0 Å². The van der Waals surface area contributed by atoms with E-state index in [9.17, 15) is 9.90 Å². The topological polar surface area (TPSA) is 65.0 Å². The van der Waals surface area contributed by atoms with Gasteiger partial charge in [0.25, 0.3) is 0 Å². The Balaban J connectivity index is 1.39. The number of hydrogen-bond acceptors (Lipinski definition) is 5. The largest absolute Gasteiger partial charge is 0.508 e. The van der Waals surface area contributed by atoms with Gasteiger partial charge in [-0.25, -0.2) is 4.79 Å². The molecule has 2 aromatic carbocycles. The van der Waals surface area contributed by atoms with Gasteiger partial charge in [0.05, 0.1) is 18.8 Å². The van der Waals surface area contributed by atoms with E-state index in [1.54, 1.807) is 0 Å². The summed E-state index contributed by atoms with van der Waals surface area (Å²) in [6.07, 6.45) is 14.7. The highest BCUT2D eigenvalue weighted by Crippen LogP contribution is 2.39. The fraction of sp³-hybridized carbons (Fsp3) is 0.618. The second-order valence-electron chi connectivity index (χ2n) is 11.1. The van der Waals surface area contributed by atoms with E-state index in [1.807, 2.05) is 24.3 Å². The highest BCUT2D eigenvalue weighted by Gasteiger charge is 2.36. The molecule has 0 bridgehead atoms. The number of carbonyl (C=O) groups is 1. The van der Waals surface area contributed by atoms with Crippen molar-refractivity contribution in [2.24, 2.45) is 0 Å². The SMILES string of the molecule is CCCCCCCCOc1ccc(-c2ccc(C3(O)CCC(OC(=O)OCCCCCCC)CC3)cc2)cc1. The summed E-state index contributed by atoms with van der Waals surface area (Å²) in [5, 5.41) is 11.3. The summed E-state index contributed by atoms with van der Waals surface area (Å²) in [6, 6.07) is 16.4. The van der Waals surface area contributed by atoms with Crippen LogP contribution in [0.1, 0.15) is 116 Å². The van der Waals surface area contributed by atoms with Gasteiger partial charge in [-0.15, -0.1) is 0 Å². The molecule has 1 aliphatic carbocycles. The molecule has 5 heteroatoms. The smallest absolute Gasteiger partial charge is 0.494 e. The number of unbranched alkanes of at least 4 members (excludes halogenated alkanes) is 9. The normalized spacial score (nSPS) is 19.0. The Bertz CT molecular complexity index is 929. The summed E-state index contributed by atoms with van der Waals surface area (Å²) in [7, 11) is 0. The summed E-state index contributed by atoms with van der Waals surface area (Å²) in [4.78, 5) is 12.0. The molecular formula is C34H50O5. The Kier molecular flexibility index (Phi) is 13.7. The van der Waals surface area contributed by atoms with Crippen molar-refractivity contribution < 1.29 is 24.1 Å². The second kappa shape index (κ2) is 17.2. The maximum atomic E-state index is 12.0. The first-order valence-corrected chi connectivity index (χ1v) is 15.4. The van der Waals surface area contributed by atoms with E-state index in [1.165, 1.54) is 51.4 Å². The molecule has 0 aromatic heterocycles. The zero-order chi connectivity index (χ0) is 27.8. The van der Waals surface area contributed by atoms with Crippen LogP contribution in [0.3, 0.4) is 0 Å². The van der Waals surface area contributed by atoms with E-state index in [0.717, 1.165) is 48.3 Å². The molecule has 1 N–H and O–H groups in total. The maximum absolute atomic E-state index is 12.0. The molecule has 3 rings (SSSR count). The third kappa shape index (κ3) is 10.9. The minimum absolute atomic E-state index is 0.195. The Labute approximate surface area is 236 Å². The Hall–Kier alpha value is -2.53. The quantitative estimate of drug-likeness (QED) is 0.161. The second-order valence-corrected chi connectivity index (χ2v) is 11.1. The summed E-state index contributed by atoms with van der Waals surface area (Å²) >= 11 is 0. The van der Waals surface area contributed by atoms with Crippen LogP contribution >= 0.6 is 0 Å². The summed E-state index contributed by atoms with van der Waals surface area (Å²) < 4.78 is 16.6. The minimum atomic E-state index is -0.893. The van der Waals surface area contributed by atoms with Crippen molar-refractivity contribution >= 4 is 6.16 Å². The molecule has 0 heterocycles. The van der Waals surface area contributed by atoms with Gasteiger partial charge in [0, 0.05) is 0 Å². The highest BCUT2D eigenvalue weighted by molar-refractivity contribution is 5.64. The van der Waals surface area contributed by atoms with Gasteiger partial charge in [0.15, 0.2) is 0 Å². The van der Waals surface area contributed by atoms with Crippen LogP contribution < -0.4 is 4.74 Å².